The summed E-state index contributed by atoms with van der Waals surface area (Å²) >= 11 is 0. The Balaban J connectivity index is 1.74. The minimum Gasteiger partial charge on any atom is -0.459 e. The molecule has 0 saturated heterocycles. The number of fused-ring (bicyclic) bond motifs is 5. The molecule has 11 atom stereocenters. The molecular formula is C29H46O9. The van der Waals surface area contributed by atoms with E-state index < -0.39 is 75.8 Å². The van der Waals surface area contributed by atoms with Gasteiger partial charge in [0.15, 0.2) is 5.78 Å². The number of hydrogen-bond donors (Lipinski definition) is 6. The molecule has 0 radical (unpaired) electrons. The van der Waals surface area contributed by atoms with Gasteiger partial charge in [-0.1, -0.05) is 13.8 Å². The number of carbonyl (C=O) groups excluding carboxylic acids is 2. The summed E-state index contributed by atoms with van der Waals surface area (Å²) in [5.41, 5.74) is -5.61. The number of esters is 1. The van der Waals surface area contributed by atoms with E-state index in [4.69, 9.17) is 4.74 Å². The molecule has 3 fully saturated rings. The summed E-state index contributed by atoms with van der Waals surface area (Å²) in [6.07, 6.45) is -1.07. The van der Waals surface area contributed by atoms with Crippen LogP contribution in [0, 0.1) is 28.6 Å². The molecule has 0 aromatic heterocycles. The van der Waals surface area contributed by atoms with E-state index in [0.717, 1.165) is 0 Å². The summed E-state index contributed by atoms with van der Waals surface area (Å²) in [6, 6.07) is 0. The van der Waals surface area contributed by atoms with Crippen molar-refractivity contribution in [1.82, 2.24) is 0 Å². The number of aliphatic hydroxyl groups excluding tert-OH is 3. The Labute approximate surface area is 224 Å². The van der Waals surface area contributed by atoms with Gasteiger partial charge in [0.2, 0.25) is 0 Å². The number of ketones is 1. The summed E-state index contributed by atoms with van der Waals surface area (Å²) in [5.74, 6) is -2.55. The van der Waals surface area contributed by atoms with Crippen LogP contribution >= 0.6 is 0 Å². The van der Waals surface area contributed by atoms with Gasteiger partial charge in [0.1, 0.15) is 11.7 Å². The van der Waals surface area contributed by atoms with Gasteiger partial charge in [-0.25, -0.2) is 0 Å². The summed E-state index contributed by atoms with van der Waals surface area (Å²) in [5, 5.41) is 67.1. The molecule has 0 aromatic carbocycles. The molecule has 6 N–H and O–H groups in total. The molecular weight excluding hydrogens is 492 g/mol. The molecule has 0 spiro atoms. The second-order valence-electron chi connectivity index (χ2n) is 13.9. The summed E-state index contributed by atoms with van der Waals surface area (Å²) in [7, 11) is 0. The van der Waals surface area contributed by atoms with Crippen molar-refractivity contribution in [2.24, 2.45) is 28.6 Å². The van der Waals surface area contributed by atoms with Gasteiger partial charge < -0.3 is 35.4 Å². The van der Waals surface area contributed by atoms with Gasteiger partial charge in [-0.05, 0) is 88.7 Å². The number of ether oxygens (including phenoxy) is 1. The largest absolute Gasteiger partial charge is 0.459 e. The molecule has 9 nitrogen and oxygen atoms in total. The number of rotatable bonds is 6. The smallest absolute Gasteiger partial charge is 0.303 e. The van der Waals surface area contributed by atoms with Gasteiger partial charge in [0.25, 0.3) is 0 Å². The average Bonchev–Trinajstić information content (AvgIpc) is 3.03. The first kappa shape index (κ1) is 29.6. The lowest BCUT2D eigenvalue weighted by Crippen LogP contribution is -2.66. The molecule has 0 heterocycles. The van der Waals surface area contributed by atoms with Crippen molar-refractivity contribution in [1.29, 1.82) is 0 Å². The standard InChI is InChI=1S/C29H46O9/c1-15(30)38-23(8-9-25(2,3)35)28(6,36)22-7-10-29(37)17-12-18(31)16-11-19(32)20(33)13-26(16,4)24(17)21(34)14-27(22,29)5/h12,16,19-24,32-37H,7-11,13-14H2,1-6H3/t16-,19+,20-,21+,22-,23?,24+,26-,27+,28+,29+/m0/s1. The molecule has 38 heavy (non-hydrogen) atoms. The van der Waals surface area contributed by atoms with Gasteiger partial charge in [0, 0.05) is 24.2 Å². The van der Waals surface area contributed by atoms with Crippen LogP contribution in [0.15, 0.2) is 11.6 Å². The molecule has 216 valence electrons. The van der Waals surface area contributed by atoms with Crippen LogP contribution in [0.5, 0.6) is 0 Å². The second-order valence-corrected chi connectivity index (χ2v) is 13.9. The maximum Gasteiger partial charge on any atom is 0.303 e. The molecule has 4 aliphatic carbocycles. The third-order valence-corrected chi connectivity index (χ3v) is 10.7. The monoisotopic (exact) mass is 538 g/mol. The highest BCUT2D eigenvalue weighted by molar-refractivity contribution is 5.95. The fraction of sp³-hybridized carbons (Fsp3) is 0.862. The van der Waals surface area contributed by atoms with Crippen LogP contribution in [-0.2, 0) is 14.3 Å². The zero-order chi connectivity index (χ0) is 28.6. The van der Waals surface area contributed by atoms with Crippen LogP contribution in [0.4, 0.5) is 0 Å². The van der Waals surface area contributed by atoms with Gasteiger partial charge in [-0.3, -0.25) is 9.59 Å². The number of allylic oxidation sites excluding steroid dienone is 1. The first-order valence-electron chi connectivity index (χ1n) is 13.9. The van der Waals surface area contributed by atoms with E-state index in [0.29, 0.717) is 12.0 Å². The highest BCUT2D eigenvalue weighted by Gasteiger charge is 2.71. The Kier molecular flexibility index (Phi) is 7.29. The highest BCUT2D eigenvalue weighted by atomic mass is 16.6. The first-order valence-corrected chi connectivity index (χ1v) is 13.9. The van der Waals surface area contributed by atoms with Crippen molar-refractivity contribution in [3.63, 3.8) is 0 Å². The molecule has 4 rings (SSSR count). The molecule has 0 aliphatic heterocycles. The van der Waals surface area contributed by atoms with E-state index in [2.05, 4.69) is 0 Å². The molecule has 9 heteroatoms. The lowest BCUT2D eigenvalue weighted by molar-refractivity contribution is -0.205. The molecule has 3 saturated carbocycles. The normalized spacial score (nSPS) is 45.3. The Hall–Kier alpha value is -1.36. The van der Waals surface area contributed by atoms with Crippen molar-refractivity contribution in [2.45, 2.75) is 128 Å². The van der Waals surface area contributed by atoms with Crippen molar-refractivity contribution in [3.05, 3.63) is 11.6 Å². The average molecular weight is 539 g/mol. The Morgan fingerprint density at radius 1 is 1.11 bits per heavy atom. The van der Waals surface area contributed by atoms with E-state index in [1.807, 2.05) is 13.8 Å². The second kappa shape index (κ2) is 9.35. The summed E-state index contributed by atoms with van der Waals surface area (Å²) < 4.78 is 5.58. The van der Waals surface area contributed by atoms with Gasteiger partial charge in [-0.15, -0.1) is 0 Å². The lowest BCUT2D eigenvalue weighted by Gasteiger charge is -2.62. The summed E-state index contributed by atoms with van der Waals surface area (Å²) in [4.78, 5) is 25.4. The zero-order valence-corrected chi connectivity index (χ0v) is 23.5. The van der Waals surface area contributed by atoms with Crippen molar-refractivity contribution < 1.29 is 45.0 Å². The maximum atomic E-state index is 13.4. The van der Waals surface area contributed by atoms with E-state index >= 15 is 0 Å². The quantitative estimate of drug-likeness (QED) is 0.274. The molecule has 0 bridgehead atoms. The van der Waals surface area contributed by atoms with Crippen LogP contribution in [-0.4, -0.2) is 83.6 Å². The Bertz CT molecular complexity index is 998. The van der Waals surface area contributed by atoms with Crippen molar-refractivity contribution >= 4 is 11.8 Å². The van der Waals surface area contributed by atoms with Crippen molar-refractivity contribution in [3.8, 4) is 0 Å². The molecule has 0 aromatic rings. The van der Waals surface area contributed by atoms with E-state index in [1.165, 1.54) is 13.0 Å². The zero-order valence-electron chi connectivity index (χ0n) is 23.5. The predicted octanol–water partition coefficient (Wildman–Crippen LogP) is 1.40. The number of hydrogen-bond acceptors (Lipinski definition) is 9. The third-order valence-electron chi connectivity index (χ3n) is 10.7. The van der Waals surface area contributed by atoms with Crippen LogP contribution < -0.4 is 0 Å². The minimum atomic E-state index is -1.60. The minimum absolute atomic E-state index is 0.0990. The van der Waals surface area contributed by atoms with E-state index in [-0.39, 0.29) is 44.3 Å². The Morgan fingerprint density at radius 3 is 2.32 bits per heavy atom. The predicted molar refractivity (Wildman–Crippen MR) is 138 cm³/mol. The molecule has 1 unspecified atom stereocenters. The van der Waals surface area contributed by atoms with Gasteiger partial charge in [0.05, 0.1) is 29.5 Å². The van der Waals surface area contributed by atoms with Crippen molar-refractivity contribution in [2.75, 3.05) is 0 Å². The number of aliphatic hydroxyl groups is 6. The maximum absolute atomic E-state index is 13.4. The third kappa shape index (κ3) is 4.47. The van der Waals surface area contributed by atoms with Crippen LogP contribution in [0.25, 0.3) is 0 Å². The Morgan fingerprint density at radius 2 is 1.74 bits per heavy atom. The van der Waals surface area contributed by atoms with E-state index in [9.17, 15) is 40.2 Å². The topological polar surface area (TPSA) is 165 Å². The van der Waals surface area contributed by atoms with Crippen LogP contribution in [0.3, 0.4) is 0 Å². The SMILES string of the molecule is CC(=O)OC(CCC(C)(C)O)[C@](C)(O)[C@H]1CC[C@@]2(O)C3=CC(=O)[C@@H]4C[C@@H](O)[C@@H](O)C[C@]4(C)[C@H]3[C@H](O)C[C@]12C. The summed E-state index contributed by atoms with van der Waals surface area (Å²) in [6.45, 7) is 9.80. The number of carbonyl (C=O) groups is 2. The fourth-order valence-corrected chi connectivity index (χ4v) is 8.80. The molecule has 4 aliphatic rings. The van der Waals surface area contributed by atoms with Gasteiger partial charge >= 0.3 is 5.97 Å². The fourth-order valence-electron chi connectivity index (χ4n) is 8.80. The molecule has 0 amide bonds. The van der Waals surface area contributed by atoms with Gasteiger partial charge in [-0.2, -0.15) is 0 Å². The highest BCUT2D eigenvalue weighted by Crippen LogP contribution is 2.68. The lowest BCUT2D eigenvalue weighted by atomic mass is 9.44. The first-order chi connectivity index (χ1) is 17.3. The van der Waals surface area contributed by atoms with E-state index in [1.54, 1.807) is 20.8 Å². The van der Waals surface area contributed by atoms with Crippen LogP contribution in [0.1, 0.15) is 86.5 Å². The van der Waals surface area contributed by atoms with Crippen LogP contribution in [0.2, 0.25) is 0 Å².